The molecular weight excluding hydrogens is 250 g/mol. The highest BCUT2D eigenvalue weighted by Crippen LogP contribution is 2.41. The largest absolute Gasteiger partial charge is 0.477 e. The molecule has 0 spiro atoms. The van der Waals surface area contributed by atoms with Crippen molar-refractivity contribution in [2.45, 2.75) is 43.7 Å². The molecule has 0 aromatic carbocycles. The first-order valence-electron chi connectivity index (χ1n) is 5.33. The van der Waals surface area contributed by atoms with Crippen LogP contribution in [0.5, 0.6) is 0 Å². The Hall–Kier alpha value is -1.05. The number of ether oxygens (including phenoxy) is 2. The maximum absolute atomic E-state index is 13.7. The average molecular weight is 266 g/mol. The van der Waals surface area contributed by atoms with Crippen molar-refractivity contribution < 1.29 is 33.3 Å². The fraction of sp³-hybridized carbons (Fsp3) is 0.727. The molecule has 104 valence electrons. The molecule has 1 heterocycles. The van der Waals surface area contributed by atoms with E-state index < -0.39 is 35.8 Å². The Morgan fingerprint density at radius 3 is 2.50 bits per heavy atom. The van der Waals surface area contributed by atoms with Gasteiger partial charge in [-0.1, -0.05) is 6.08 Å². The van der Waals surface area contributed by atoms with E-state index >= 15 is 0 Å². The summed E-state index contributed by atoms with van der Waals surface area (Å²) >= 11 is 0. The number of carboxylic acid groups (broad SMARTS) is 1. The molecule has 18 heavy (non-hydrogen) atoms. The quantitative estimate of drug-likeness (QED) is 0.730. The van der Waals surface area contributed by atoms with Crippen LogP contribution in [-0.2, 0) is 14.3 Å². The fourth-order valence-electron chi connectivity index (χ4n) is 1.79. The molecule has 0 saturated carbocycles. The number of alkyl halides is 2. The van der Waals surface area contributed by atoms with E-state index in [-0.39, 0.29) is 6.61 Å². The van der Waals surface area contributed by atoms with Crippen LogP contribution < -0.4 is 0 Å². The van der Waals surface area contributed by atoms with Gasteiger partial charge in [-0.15, -0.1) is 6.58 Å². The van der Waals surface area contributed by atoms with Crippen molar-refractivity contribution in [1.82, 2.24) is 0 Å². The van der Waals surface area contributed by atoms with Crippen molar-refractivity contribution in [1.29, 1.82) is 0 Å². The van der Waals surface area contributed by atoms with Gasteiger partial charge in [0.25, 0.3) is 0 Å². The minimum atomic E-state index is -4.37. The molecule has 1 aliphatic heterocycles. The molecule has 5 nitrogen and oxygen atoms in total. The van der Waals surface area contributed by atoms with Gasteiger partial charge in [0.1, 0.15) is 6.10 Å². The predicted molar refractivity (Wildman–Crippen MR) is 57.3 cm³/mol. The first-order chi connectivity index (χ1) is 8.07. The Kier molecular flexibility index (Phi) is 3.81. The van der Waals surface area contributed by atoms with Gasteiger partial charge in [0, 0.05) is 6.42 Å². The Morgan fingerprint density at radius 1 is 1.61 bits per heavy atom. The molecule has 1 fully saturated rings. The molecular formula is C11H16F2O5. The fourth-order valence-corrected chi connectivity index (χ4v) is 1.79. The number of hydrogen-bond acceptors (Lipinski definition) is 4. The Bertz CT molecular complexity index is 355. The van der Waals surface area contributed by atoms with Gasteiger partial charge in [0.05, 0.1) is 6.61 Å². The number of aliphatic hydroxyl groups is 1. The highest BCUT2D eigenvalue weighted by Gasteiger charge is 2.64. The summed E-state index contributed by atoms with van der Waals surface area (Å²) in [5.74, 6) is -7.93. The topological polar surface area (TPSA) is 76.0 Å². The normalized spacial score (nSPS) is 26.6. The van der Waals surface area contributed by atoms with Gasteiger partial charge in [-0.05, 0) is 13.8 Å². The van der Waals surface area contributed by atoms with E-state index in [0.717, 1.165) is 6.08 Å². The summed E-state index contributed by atoms with van der Waals surface area (Å²) < 4.78 is 37.5. The maximum Gasteiger partial charge on any atom is 0.377 e. The summed E-state index contributed by atoms with van der Waals surface area (Å²) in [6, 6.07) is 0. The Balaban J connectivity index is 3.08. The molecule has 7 heteroatoms. The van der Waals surface area contributed by atoms with E-state index in [1.165, 1.54) is 13.8 Å². The third kappa shape index (κ3) is 2.38. The second-order valence-electron chi connectivity index (χ2n) is 4.61. The van der Waals surface area contributed by atoms with Crippen molar-refractivity contribution in [2.24, 2.45) is 0 Å². The second-order valence-corrected chi connectivity index (χ2v) is 4.61. The summed E-state index contributed by atoms with van der Waals surface area (Å²) in [7, 11) is 0. The highest BCUT2D eigenvalue weighted by atomic mass is 19.3. The van der Waals surface area contributed by atoms with E-state index in [4.69, 9.17) is 14.6 Å². The number of aliphatic carboxylic acids is 1. The van der Waals surface area contributed by atoms with Crippen LogP contribution >= 0.6 is 0 Å². The van der Waals surface area contributed by atoms with E-state index in [9.17, 15) is 18.7 Å². The Labute approximate surface area is 103 Å². The zero-order valence-electron chi connectivity index (χ0n) is 10.2. The lowest BCUT2D eigenvalue weighted by atomic mass is 9.86. The van der Waals surface area contributed by atoms with Crippen LogP contribution in [0.2, 0.25) is 0 Å². The summed E-state index contributed by atoms with van der Waals surface area (Å²) in [6.07, 6.45) is -1.06. The zero-order valence-corrected chi connectivity index (χ0v) is 10.2. The van der Waals surface area contributed by atoms with Crippen molar-refractivity contribution in [3.05, 3.63) is 12.7 Å². The van der Waals surface area contributed by atoms with Crippen LogP contribution in [0.1, 0.15) is 20.3 Å². The summed E-state index contributed by atoms with van der Waals surface area (Å²) in [4.78, 5) is 10.6. The predicted octanol–water partition coefficient (Wildman–Crippen LogP) is 1.17. The molecule has 2 atom stereocenters. The van der Waals surface area contributed by atoms with Crippen LogP contribution in [-0.4, -0.2) is 46.2 Å². The van der Waals surface area contributed by atoms with E-state index in [2.05, 4.69) is 6.58 Å². The number of carboxylic acids is 1. The average Bonchev–Trinajstić information content (AvgIpc) is 2.59. The van der Waals surface area contributed by atoms with Crippen molar-refractivity contribution >= 4 is 5.97 Å². The Morgan fingerprint density at radius 2 is 2.17 bits per heavy atom. The van der Waals surface area contributed by atoms with E-state index in [1.807, 2.05) is 0 Å². The number of halogens is 2. The molecule has 0 aromatic heterocycles. The number of rotatable bonds is 5. The lowest BCUT2D eigenvalue weighted by Gasteiger charge is -2.36. The van der Waals surface area contributed by atoms with E-state index in [0.29, 0.717) is 0 Å². The summed E-state index contributed by atoms with van der Waals surface area (Å²) in [5, 5.41) is 18.6. The van der Waals surface area contributed by atoms with Crippen LogP contribution in [0.25, 0.3) is 0 Å². The molecule has 2 unspecified atom stereocenters. The smallest absolute Gasteiger partial charge is 0.377 e. The van der Waals surface area contributed by atoms with Crippen LogP contribution in [0, 0.1) is 0 Å². The third-order valence-corrected chi connectivity index (χ3v) is 2.81. The lowest BCUT2D eigenvalue weighted by Crippen LogP contribution is -2.61. The maximum atomic E-state index is 13.7. The molecule has 1 rings (SSSR count). The second kappa shape index (κ2) is 4.56. The zero-order chi connectivity index (χ0) is 14.2. The van der Waals surface area contributed by atoms with E-state index in [1.54, 1.807) is 0 Å². The van der Waals surface area contributed by atoms with Crippen LogP contribution in [0.4, 0.5) is 8.78 Å². The van der Waals surface area contributed by atoms with Gasteiger partial charge >= 0.3 is 11.9 Å². The SMILES string of the molecule is C=CCC(O)(C1COC(C)(C)O1)C(F)(F)C(=O)O. The van der Waals surface area contributed by atoms with Gasteiger partial charge in [-0.25, -0.2) is 4.79 Å². The van der Waals surface area contributed by atoms with Crippen molar-refractivity contribution in [3.63, 3.8) is 0 Å². The molecule has 1 saturated heterocycles. The molecule has 2 N–H and O–H groups in total. The van der Waals surface area contributed by atoms with Gasteiger partial charge in [-0.2, -0.15) is 8.78 Å². The molecule has 0 radical (unpaired) electrons. The lowest BCUT2D eigenvalue weighted by molar-refractivity contribution is -0.245. The van der Waals surface area contributed by atoms with Gasteiger partial charge in [0.15, 0.2) is 11.4 Å². The number of hydrogen-bond donors (Lipinski definition) is 2. The molecule has 0 bridgehead atoms. The van der Waals surface area contributed by atoms with Crippen LogP contribution in [0.3, 0.4) is 0 Å². The minimum absolute atomic E-state index is 0.319. The van der Waals surface area contributed by atoms with Gasteiger partial charge in [-0.3, -0.25) is 0 Å². The first-order valence-corrected chi connectivity index (χ1v) is 5.33. The molecule has 0 aliphatic carbocycles. The number of carbonyl (C=O) groups is 1. The van der Waals surface area contributed by atoms with Crippen LogP contribution in [0.15, 0.2) is 12.7 Å². The summed E-state index contributed by atoms with van der Waals surface area (Å²) in [6.45, 7) is 5.90. The van der Waals surface area contributed by atoms with Crippen molar-refractivity contribution in [3.8, 4) is 0 Å². The minimum Gasteiger partial charge on any atom is -0.477 e. The molecule has 0 amide bonds. The third-order valence-electron chi connectivity index (χ3n) is 2.81. The summed E-state index contributed by atoms with van der Waals surface area (Å²) in [5.41, 5.74) is -2.89. The highest BCUT2D eigenvalue weighted by molar-refractivity contribution is 5.77. The van der Waals surface area contributed by atoms with Gasteiger partial charge in [0.2, 0.25) is 0 Å². The standard InChI is InChI=1S/C11H16F2O5/c1-4-5-10(16,11(12,13)8(14)15)7-6-17-9(2,3)18-7/h4,7,16H,1,5-6H2,2-3H3,(H,14,15). The van der Waals surface area contributed by atoms with Gasteiger partial charge < -0.3 is 19.7 Å². The first kappa shape index (κ1) is 15.0. The molecule has 0 aromatic rings. The monoisotopic (exact) mass is 266 g/mol. The molecule has 1 aliphatic rings. The van der Waals surface area contributed by atoms with Crippen molar-refractivity contribution in [2.75, 3.05) is 6.61 Å².